The molecule has 4 rings (SSSR count). The number of carboxylic acid groups (broad SMARTS) is 1. The van der Waals surface area contributed by atoms with Crippen molar-refractivity contribution in [3.63, 3.8) is 0 Å². The van der Waals surface area contributed by atoms with Gasteiger partial charge in [-0.2, -0.15) is 0 Å². The number of rotatable bonds is 6. The zero-order valence-electron chi connectivity index (χ0n) is 18.9. The zero-order valence-corrected chi connectivity index (χ0v) is 18.9. The number of hydrogen-bond acceptors (Lipinski definition) is 3. The van der Waals surface area contributed by atoms with Crippen molar-refractivity contribution in [3.05, 3.63) is 95.8 Å². The number of anilines is 1. The Balaban J connectivity index is 1.63. The Labute approximate surface area is 192 Å². The minimum absolute atomic E-state index is 0.0176. The fraction of sp³-hybridized carbons (Fsp3) is 0.222. The van der Waals surface area contributed by atoms with E-state index in [1.807, 2.05) is 71.3 Å². The molecule has 1 atom stereocenters. The van der Waals surface area contributed by atoms with Gasteiger partial charge in [-0.05, 0) is 46.9 Å². The first kappa shape index (κ1) is 22.3. The summed E-state index contributed by atoms with van der Waals surface area (Å²) in [4.78, 5) is 28.8. The molecule has 0 radical (unpaired) electrons. The van der Waals surface area contributed by atoms with Crippen molar-refractivity contribution in [1.29, 1.82) is 0 Å². The van der Waals surface area contributed by atoms with Crippen LogP contribution in [0.5, 0.6) is 0 Å². The molecule has 33 heavy (non-hydrogen) atoms. The molecule has 2 N–H and O–H groups in total. The molecule has 0 aliphatic carbocycles. The first-order valence-electron chi connectivity index (χ1n) is 10.9. The van der Waals surface area contributed by atoms with Crippen molar-refractivity contribution in [3.8, 4) is 0 Å². The normalized spacial score (nSPS) is 12.5. The van der Waals surface area contributed by atoms with E-state index in [-0.39, 0.29) is 17.7 Å². The number of carbonyl (C=O) groups is 2. The first-order valence-corrected chi connectivity index (χ1v) is 10.9. The monoisotopic (exact) mass is 441 g/mol. The summed E-state index contributed by atoms with van der Waals surface area (Å²) < 4.78 is 1.85. The summed E-state index contributed by atoms with van der Waals surface area (Å²) in [5, 5.41) is 12.4. The molecule has 0 fully saturated rings. The molecule has 6 heteroatoms. The minimum atomic E-state index is -0.895. The molecule has 6 nitrogen and oxygen atoms in total. The van der Waals surface area contributed by atoms with Crippen molar-refractivity contribution in [2.45, 2.75) is 38.6 Å². The van der Waals surface area contributed by atoms with Crippen LogP contribution in [0, 0.1) is 0 Å². The van der Waals surface area contributed by atoms with Crippen LogP contribution in [0.2, 0.25) is 0 Å². The maximum absolute atomic E-state index is 12.8. The molecule has 1 unspecified atom stereocenters. The van der Waals surface area contributed by atoms with Crippen molar-refractivity contribution in [2.75, 3.05) is 5.32 Å². The number of imidazole rings is 1. The van der Waals surface area contributed by atoms with Gasteiger partial charge in [-0.1, -0.05) is 63.2 Å². The van der Waals surface area contributed by atoms with Gasteiger partial charge in [0.05, 0.1) is 29.8 Å². The number of nitrogens with zero attached hydrogens (tertiary/aromatic N) is 2. The van der Waals surface area contributed by atoms with E-state index in [1.54, 1.807) is 12.4 Å². The average Bonchev–Trinajstić information content (AvgIpc) is 3.20. The number of amides is 1. The summed E-state index contributed by atoms with van der Waals surface area (Å²) >= 11 is 0. The smallest absolute Gasteiger partial charge is 0.305 e. The van der Waals surface area contributed by atoms with E-state index in [2.05, 4.69) is 31.1 Å². The van der Waals surface area contributed by atoms with Crippen LogP contribution in [0.3, 0.4) is 0 Å². The molecule has 0 aliphatic rings. The fourth-order valence-corrected chi connectivity index (χ4v) is 3.89. The highest BCUT2D eigenvalue weighted by Gasteiger charge is 2.20. The molecular weight excluding hydrogens is 414 g/mol. The second-order valence-corrected chi connectivity index (χ2v) is 9.16. The van der Waals surface area contributed by atoms with E-state index < -0.39 is 12.0 Å². The van der Waals surface area contributed by atoms with E-state index in [4.69, 9.17) is 0 Å². The van der Waals surface area contributed by atoms with Gasteiger partial charge in [-0.25, -0.2) is 4.98 Å². The van der Waals surface area contributed by atoms with Crippen molar-refractivity contribution < 1.29 is 14.7 Å². The third-order valence-corrected chi connectivity index (χ3v) is 5.73. The second kappa shape index (κ2) is 8.90. The lowest BCUT2D eigenvalue weighted by Crippen LogP contribution is -2.15. The highest BCUT2D eigenvalue weighted by atomic mass is 16.4. The standard InChI is InChI=1S/C27H27N3O3/c1-27(2,3)20-11-9-19(10-12-20)26(33)29-21-13-14-22-24(15-21)30(17-28-22)23(16-25(31)32)18-7-5-4-6-8-18/h4-15,17,23H,16H2,1-3H3,(H,29,33)(H,31,32). The lowest BCUT2D eigenvalue weighted by molar-refractivity contribution is -0.137. The molecule has 0 aliphatic heterocycles. The fourth-order valence-electron chi connectivity index (χ4n) is 3.89. The number of carboxylic acids is 1. The van der Waals surface area contributed by atoms with Gasteiger partial charge in [0, 0.05) is 11.3 Å². The molecule has 4 aromatic rings. The Morgan fingerprint density at radius 3 is 2.33 bits per heavy atom. The van der Waals surface area contributed by atoms with Crippen LogP contribution in [0.1, 0.15) is 54.7 Å². The van der Waals surface area contributed by atoms with E-state index in [1.165, 1.54) is 0 Å². The third kappa shape index (κ3) is 4.95. The molecule has 0 spiro atoms. The van der Waals surface area contributed by atoms with Gasteiger partial charge in [0.15, 0.2) is 0 Å². The summed E-state index contributed by atoms with van der Waals surface area (Å²) in [7, 11) is 0. The van der Waals surface area contributed by atoms with Crippen LogP contribution >= 0.6 is 0 Å². The Kier molecular flexibility index (Phi) is 6.01. The molecule has 0 bridgehead atoms. The predicted molar refractivity (Wildman–Crippen MR) is 130 cm³/mol. The molecule has 0 saturated heterocycles. The molecule has 0 saturated carbocycles. The van der Waals surface area contributed by atoms with Gasteiger partial charge in [0.2, 0.25) is 0 Å². The van der Waals surface area contributed by atoms with E-state index in [0.717, 1.165) is 22.2 Å². The number of nitrogens with one attached hydrogen (secondary N) is 1. The lowest BCUT2D eigenvalue weighted by Gasteiger charge is -2.19. The van der Waals surface area contributed by atoms with Crippen molar-refractivity contribution >= 4 is 28.6 Å². The quantitative estimate of drug-likeness (QED) is 0.405. The Bertz CT molecular complexity index is 1290. The number of benzene rings is 3. The van der Waals surface area contributed by atoms with Crippen molar-refractivity contribution in [1.82, 2.24) is 9.55 Å². The van der Waals surface area contributed by atoms with E-state index in [9.17, 15) is 14.7 Å². The molecule has 1 aromatic heterocycles. The number of fused-ring (bicyclic) bond motifs is 1. The topological polar surface area (TPSA) is 84.2 Å². The Morgan fingerprint density at radius 1 is 1.00 bits per heavy atom. The second-order valence-electron chi connectivity index (χ2n) is 9.16. The summed E-state index contributed by atoms with van der Waals surface area (Å²) in [5.41, 5.74) is 4.74. The van der Waals surface area contributed by atoms with Crippen LogP contribution in [0.15, 0.2) is 79.1 Å². The molecule has 3 aromatic carbocycles. The number of carbonyl (C=O) groups excluding carboxylic acids is 1. The molecule has 1 amide bonds. The summed E-state index contributed by atoms with van der Waals surface area (Å²) in [6, 6.07) is 22.2. The van der Waals surface area contributed by atoms with Gasteiger partial charge in [-0.3, -0.25) is 9.59 Å². The number of hydrogen-bond donors (Lipinski definition) is 2. The van der Waals surface area contributed by atoms with Gasteiger partial charge >= 0.3 is 5.97 Å². The summed E-state index contributed by atoms with van der Waals surface area (Å²) in [5.74, 6) is -1.10. The van der Waals surface area contributed by atoms with Crippen LogP contribution in [-0.4, -0.2) is 26.5 Å². The first-order chi connectivity index (χ1) is 15.7. The highest BCUT2D eigenvalue weighted by Crippen LogP contribution is 2.28. The maximum Gasteiger partial charge on any atom is 0.305 e. The molecular formula is C27H27N3O3. The van der Waals surface area contributed by atoms with Crippen LogP contribution in [-0.2, 0) is 10.2 Å². The third-order valence-electron chi connectivity index (χ3n) is 5.73. The number of aliphatic carboxylic acids is 1. The largest absolute Gasteiger partial charge is 0.481 e. The van der Waals surface area contributed by atoms with Crippen LogP contribution in [0.25, 0.3) is 11.0 Å². The summed E-state index contributed by atoms with van der Waals surface area (Å²) in [6.45, 7) is 6.40. The maximum atomic E-state index is 12.8. The van der Waals surface area contributed by atoms with Crippen molar-refractivity contribution in [2.24, 2.45) is 0 Å². The Hall–Kier alpha value is -3.93. The van der Waals surface area contributed by atoms with Gasteiger partial charge in [0.25, 0.3) is 5.91 Å². The zero-order chi connectivity index (χ0) is 23.6. The minimum Gasteiger partial charge on any atom is -0.481 e. The van der Waals surface area contributed by atoms with Crippen LogP contribution in [0.4, 0.5) is 5.69 Å². The molecule has 168 valence electrons. The van der Waals surface area contributed by atoms with Gasteiger partial charge in [0.1, 0.15) is 0 Å². The SMILES string of the molecule is CC(C)(C)c1ccc(C(=O)Nc2ccc3ncn(C(CC(=O)O)c4ccccc4)c3c2)cc1. The van der Waals surface area contributed by atoms with E-state index in [0.29, 0.717) is 11.3 Å². The lowest BCUT2D eigenvalue weighted by atomic mass is 9.87. The van der Waals surface area contributed by atoms with E-state index >= 15 is 0 Å². The predicted octanol–water partition coefficient (Wildman–Crippen LogP) is 5.65. The van der Waals surface area contributed by atoms with Gasteiger partial charge in [-0.15, -0.1) is 0 Å². The van der Waals surface area contributed by atoms with Crippen LogP contribution < -0.4 is 5.32 Å². The molecule has 1 heterocycles. The number of aromatic nitrogens is 2. The Morgan fingerprint density at radius 2 is 1.70 bits per heavy atom. The summed E-state index contributed by atoms with van der Waals surface area (Å²) in [6.07, 6.45) is 1.58. The van der Waals surface area contributed by atoms with Gasteiger partial charge < -0.3 is 15.0 Å². The average molecular weight is 442 g/mol. The highest BCUT2D eigenvalue weighted by molar-refractivity contribution is 6.05.